The smallest absolute Gasteiger partial charge is 0.00928 e. The van der Waals surface area contributed by atoms with Gasteiger partial charge in [0.25, 0.3) is 0 Å². The van der Waals surface area contributed by atoms with E-state index in [1.807, 2.05) is 0 Å². The molecule has 0 aromatic rings. The molecule has 60 valence electrons. The molecule has 1 heteroatoms. The maximum atomic E-state index is 6.00. The van der Waals surface area contributed by atoms with E-state index in [1.54, 1.807) is 0 Å². The van der Waals surface area contributed by atoms with Gasteiger partial charge in [0.1, 0.15) is 0 Å². The lowest BCUT2D eigenvalue weighted by Crippen LogP contribution is -2.44. The molecule has 1 fully saturated rings. The Bertz CT molecular complexity index is 106. The van der Waals surface area contributed by atoms with E-state index in [4.69, 9.17) is 5.73 Å². The Labute approximate surface area is 64.0 Å². The van der Waals surface area contributed by atoms with Gasteiger partial charge in [-0.25, -0.2) is 0 Å². The first kappa shape index (κ1) is 8.06. The van der Waals surface area contributed by atoms with E-state index < -0.39 is 0 Å². The maximum absolute atomic E-state index is 6.00. The van der Waals surface area contributed by atoms with Crippen LogP contribution in [0.5, 0.6) is 0 Å². The first-order valence-electron chi connectivity index (χ1n) is 4.30. The van der Waals surface area contributed by atoms with Gasteiger partial charge in [0.15, 0.2) is 0 Å². The van der Waals surface area contributed by atoms with Crippen molar-refractivity contribution in [2.75, 3.05) is 0 Å². The second kappa shape index (κ2) is 2.54. The zero-order valence-corrected chi connectivity index (χ0v) is 7.35. The summed E-state index contributed by atoms with van der Waals surface area (Å²) in [7, 11) is 0. The molecule has 0 aromatic carbocycles. The summed E-state index contributed by atoms with van der Waals surface area (Å²) in [5.41, 5.74) is 6.38. The van der Waals surface area contributed by atoms with Gasteiger partial charge in [0.2, 0.25) is 0 Å². The van der Waals surface area contributed by atoms with Crippen molar-refractivity contribution in [3.63, 3.8) is 0 Å². The molecule has 0 spiro atoms. The Morgan fingerprint density at radius 1 is 1.30 bits per heavy atom. The molecule has 0 bridgehead atoms. The second-order valence-corrected chi connectivity index (χ2v) is 4.26. The predicted molar refractivity (Wildman–Crippen MR) is 44.8 cm³/mol. The lowest BCUT2D eigenvalue weighted by Gasteiger charge is -2.41. The number of hydrogen-bond acceptors (Lipinski definition) is 1. The van der Waals surface area contributed by atoms with Crippen molar-refractivity contribution in [2.45, 2.75) is 46.1 Å². The maximum Gasteiger partial charge on any atom is 0.00928 e. The van der Waals surface area contributed by atoms with Crippen molar-refractivity contribution in [3.05, 3.63) is 0 Å². The Balaban J connectivity index is 2.63. The van der Waals surface area contributed by atoms with Crippen LogP contribution in [0, 0.1) is 11.3 Å². The average molecular weight is 141 g/mol. The minimum absolute atomic E-state index is 0.373. The zero-order chi connectivity index (χ0) is 7.78. The molecule has 2 N–H and O–H groups in total. The molecule has 0 radical (unpaired) electrons. The first-order valence-corrected chi connectivity index (χ1v) is 4.30. The number of nitrogens with two attached hydrogens (primary N) is 1. The quantitative estimate of drug-likeness (QED) is 0.549. The molecule has 0 amide bonds. The van der Waals surface area contributed by atoms with Crippen molar-refractivity contribution < 1.29 is 0 Å². The lowest BCUT2D eigenvalue weighted by molar-refractivity contribution is 0.123. The summed E-state index contributed by atoms with van der Waals surface area (Å²) < 4.78 is 0. The molecule has 2 atom stereocenters. The van der Waals surface area contributed by atoms with Crippen LogP contribution in [0.4, 0.5) is 0 Å². The summed E-state index contributed by atoms with van der Waals surface area (Å²) >= 11 is 0. The van der Waals surface area contributed by atoms with E-state index in [9.17, 15) is 0 Å². The lowest BCUT2D eigenvalue weighted by atomic mass is 9.67. The molecule has 1 saturated carbocycles. The van der Waals surface area contributed by atoms with Crippen LogP contribution in [0.15, 0.2) is 0 Å². The molecule has 1 aliphatic carbocycles. The van der Waals surface area contributed by atoms with Crippen molar-refractivity contribution in [3.8, 4) is 0 Å². The molecule has 1 nitrogen and oxygen atoms in total. The highest BCUT2D eigenvalue weighted by molar-refractivity contribution is 4.89. The third-order valence-corrected chi connectivity index (χ3v) is 3.38. The fraction of sp³-hybridized carbons (Fsp3) is 1.00. The van der Waals surface area contributed by atoms with Crippen molar-refractivity contribution in [1.82, 2.24) is 0 Å². The summed E-state index contributed by atoms with van der Waals surface area (Å²) in [5.74, 6) is 0.802. The highest BCUT2D eigenvalue weighted by Crippen LogP contribution is 2.39. The summed E-state index contributed by atoms with van der Waals surface area (Å²) in [5, 5.41) is 0. The van der Waals surface area contributed by atoms with Gasteiger partial charge in [-0.05, 0) is 17.8 Å². The van der Waals surface area contributed by atoms with Crippen LogP contribution < -0.4 is 5.73 Å². The van der Waals surface area contributed by atoms with E-state index in [0.29, 0.717) is 11.5 Å². The van der Waals surface area contributed by atoms with Crippen molar-refractivity contribution in [1.29, 1.82) is 0 Å². The van der Waals surface area contributed by atoms with Crippen LogP contribution in [-0.4, -0.2) is 6.04 Å². The van der Waals surface area contributed by atoms with Gasteiger partial charge in [0, 0.05) is 6.04 Å². The molecular weight excluding hydrogens is 122 g/mol. The largest absolute Gasteiger partial charge is 0.327 e. The fourth-order valence-corrected chi connectivity index (χ4v) is 1.75. The fourth-order valence-electron chi connectivity index (χ4n) is 1.75. The van der Waals surface area contributed by atoms with Crippen LogP contribution >= 0.6 is 0 Å². The van der Waals surface area contributed by atoms with E-state index in [0.717, 1.165) is 5.92 Å². The molecule has 2 unspecified atom stereocenters. The van der Waals surface area contributed by atoms with Gasteiger partial charge in [-0.2, -0.15) is 0 Å². The Morgan fingerprint density at radius 2 is 1.90 bits per heavy atom. The van der Waals surface area contributed by atoms with Crippen LogP contribution in [0.3, 0.4) is 0 Å². The summed E-state index contributed by atoms with van der Waals surface area (Å²) in [4.78, 5) is 0. The van der Waals surface area contributed by atoms with Gasteiger partial charge in [-0.15, -0.1) is 0 Å². The molecule has 10 heavy (non-hydrogen) atoms. The SMILES string of the molecule is CC1CCCC(N)C1(C)C. The molecular formula is C9H19N. The normalized spacial score (nSPS) is 39.6. The van der Waals surface area contributed by atoms with E-state index >= 15 is 0 Å². The standard InChI is InChI=1S/C9H19N/c1-7-5-4-6-8(10)9(7,2)3/h7-8H,4-6,10H2,1-3H3. The monoisotopic (exact) mass is 141 g/mol. The topological polar surface area (TPSA) is 26.0 Å². The minimum Gasteiger partial charge on any atom is -0.327 e. The molecule has 0 aromatic heterocycles. The molecule has 1 rings (SSSR count). The third kappa shape index (κ3) is 1.20. The minimum atomic E-state index is 0.373. The Hall–Kier alpha value is -0.0400. The Morgan fingerprint density at radius 3 is 2.30 bits per heavy atom. The van der Waals surface area contributed by atoms with Crippen LogP contribution in [0.2, 0.25) is 0 Å². The number of hydrogen-bond donors (Lipinski definition) is 1. The summed E-state index contributed by atoms with van der Waals surface area (Å²) in [6.45, 7) is 6.90. The van der Waals surface area contributed by atoms with Gasteiger partial charge in [-0.1, -0.05) is 33.6 Å². The van der Waals surface area contributed by atoms with E-state index in [-0.39, 0.29) is 0 Å². The predicted octanol–water partition coefficient (Wildman–Crippen LogP) is 2.16. The second-order valence-electron chi connectivity index (χ2n) is 4.26. The first-order chi connectivity index (χ1) is 4.55. The average Bonchev–Trinajstić information content (AvgIpc) is 1.84. The highest BCUT2D eigenvalue weighted by atomic mass is 14.7. The van der Waals surface area contributed by atoms with Crippen molar-refractivity contribution in [2.24, 2.45) is 17.1 Å². The van der Waals surface area contributed by atoms with Gasteiger partial charge < -0.3 is 5.73 Å². The van der Waals surface area contributed by atoms with Crippen molar-refractivity contribution >= 4 is 0 Å². The summed E-state index contributed by atoms with van der Waals surface area (Å²) in [6.07, 6.45) is 3.91. The highest BCUT2D eigenvalue weighted by Gasteiger charge is 2.35. The van der Waals surface area contributed by atoms with E-state index in [2.05, 4.69) is 20.8 Å². The molecule has 1 aliphatic rings. The summed E-state index contributed by atoms with van der Waals surface area (Å²) in [6, 6.07) is 0.427. The molecule has 0 heterocycles. The molecule has 0 aliphatic heterocycles. The van der Waals surface area contributed by atoms with Crippen LogP contribution in [0.1, 0.15) is 40.0 Å². The Kier molecular flexibility index (Phi) is 2.04. The zero-order valence-electron chi connectivity index (χ0n) is 7.35. The molecule has 0 saturated heterocycles. The van der Waals surface area contributed by atoms with Crippen LogP contribution in [-0.2, 0) is 0 Å². The van der Waals surface area contributed by atoms with Gasteiger partial charge in [0.05, 0.1) is 0 Å². The van der Waals surface area contributed by atoms with Gasteiger partial charge in [-0.3, -0.25) is 0 Å². The van der Waals surface area contributed by atoms with Gasteiger partial charge >= 0.3 is 0 Å². The number of rotatable bonds is 0. The van der Waals surface area contributed by atoms with Crippen LogP contribution in [0.25, 0.3) is 0 Å². The van der Waals surface area contributed by atoms with E-state index in [1.165, 1.54) is 19.3 Å². The third-order valence-electron chi connectivity index (χ3n) is 3.38.